The molecular weight excluding hydrogens is 461 g/mol. The monoisotopic (exact) mass is 484 g/mol. The summed E-state index contributed by atoms with van der Waals surface area (Å²) in [5, 5.41) is 17.8. The number of carboxylic acids is 1. The third-order valence-corrected chi connectivity index (χ3v) is 6.51. The zero-order valence-corrected chi connectivity index (χ0v) is 18.8. The van der Waals surface area contributed by atoms with Crippen LogP contribution >= 0.6 is 0 Å². The summed E-state index contributed by atoms with van der Waals surface area (Å²) in [6.45, 7) is 0.239. The highest BCUT2D eigenvalue weighted by Gasteiger charge is 2.36. The molecule has 0 radical (unpaired) electrons. The van der Waals surface area contributed by atoms with Gasteiger partial charge in [-0.2, -0.15) is 23.3 Å². The van der Waals surface area contributed by atoms with E-state index < -0.39 is 17.7 Å². The van der Waals surface area contributed by atoms with Crippen LogP contribution in [0, 0.1) is 0 Å². The maximum Gasteiger partial charge on any atom is 0.416 e. The SMILES string of the molecule is O=C(O)CCn1ncc2cc(-c3noc(-c4ccc(C5CCCCC5)c(C(F)(F)F)c4)n3)ccc21. The second kappa shape index (κ2) is 9.16. The molecule has 182 valence electrons. The minimum absolute atomic E-state index is 0.0120. The fourth-order valence-corrected chi connectivity index (χ4v) is 4.77. The summed E-state index contributed by atoms with van der Waals surface area (Å²) in [6.07, 6.45) is 1.57. The first-order valence-electron chi connectivity index (χ1n) is 11.5. The van der Waals surface area contributed by atoms with Crippen LogP contribution in [0.3, 0.4) is 0 Å². The Balaban J connectivity index is 1.44. The summed E-state index contributed by atoms with van der Waals surface area (Å²) >= 11 is 0. The lowest BCUT2D eigenvalue weighted by molar-refractivity contribution is -0.139. The molecule has 0 saturated heterocycles. The van der Waals surface area contributed by atoms with Gasteiger partial charge in [0.2, 0.25) is 5.82 Å². The molecule has 10 heteroatoms. The third kappa shape index (κ3) is 4.78. The number of fused-ring (bicyclic) bond motifs is 1. The number of rotatable bonds is 6. The molecule has 35 heavy (non-hydrogen) atoms. The Kier molecular flexibility index (Phi) is 6.04. The first-order chi connectivity index (χ1) is 16.8. The summed E-state index contributed by atoms with van der Waals surface area (Å²) in [7, 11) is 0. The molecule has 0 aliphatic heterocycles. The number of halogens is 3. The zero-order valence-electron chi connectivity index (χ0n) is 18.8. The van der Waals surface area contributed by atoms with Crippen molar-refractivity contribution in [3.8, 4) is 22.8 Å². The lowest BCUT2D eigenvalue weighted by Crippen LogP contribution is -2.14. The number of hydrogen-bond acceptors (Lipinski definition) is 5. The van der Waals surface area contributed by atoms with Gasteiger partial charge in [-0.05, 0) is 54.7 Å². The van der Waals surface area contributed by atoms with Gasteiger partial charge in [0, 0.05) is 16.5 Å². The van der Waals surface area contributed by atoms with E-state index in [1.807, 2.05) is 0 Å². The number of benzene rings is 2. The molecular formula is C25H23F3N4O3. The van der Waals surface area contributed by atoms with Crippen molar-refractivity contribution in [1.82, 2.24) is 19.9 Å². The van der Waals surface area contributed by atoms with Crippen molar-refractivity contribution >= 4 is 16.9 Å². The van der Waals surface area contributed by atoms with Crippen molar-refractivity contribution in [2.45, 2.75) is 57.2 Å². The van der Waals surface area contributed by atoms with Gasteiger partial charge in [0.15, 0.2) is 0 Å². The standard InChI is InChI=1S/C25H23F3N4O3/c26-25(27,28)20-13-17(6-8-19(20)15-4-2-1-3-5-15)24-30-23(31-35-24)16-7-9-21-18(12-16)14-29-32(21)11-10-22(33)34/h6-9,12-15H,1-5,10-11H2,(H,33,34). The summed E-state index contributed by atoms with van der Waals surface area (Å²) in [5.74, 6) is -0.746. The molecule has 2 heterocycles. The van der Waals surface area contributed by atoms with E-state index in [0.717, 1.165) is 49.1 Å². The van der Waals surface area contributed by atoms with E-state index in [1.54, 1.807) is 41.2 Å². The van der Waals surface area contributed by atoms with Gasteiger partial charge >= 0.3 is 12.1 Å². The second-order valence-electron chi connectivity index (χ2n) is 8.84. The predicted octanol–water partition coefficient (Wildman–Crippen LogP) is 6.29. The third-order valence-electron chi connectivity index (χ3n) is 6.51. The van der Waals surface area contributed by atoms with Gasteiger partial charge in [-0.25, -0.2) is 0 Å². The molecule has 1 N–H and O–H groups in total. The van der Waals surface area contributed by atoms with Gasteiger partial charge in [0.25, 0.3) is 5.89 Å². The van der Waals surface area contributed by atoms with Crippen LogP contribution in [0.1, 0.15) is 55.6 Å². The molecule has 5 rings (SSSR count). The lowest BCUT2D eigenvalue weighted by atomic mass is 9.81. The Morgan fingerprint density at radius 1 is 1.09 bits per heavy atom. The van der Waals surface area contributed by atoms with Crippen LogP contribution in [-0.2, 0) is 17.5 Å². The molecule has 1 saturated carbocycles. The minimum Gasteiger partial charge on any atom is -0.481 e. The number of carboxylic acid groups (broad SMARTS) is 1. The number of aryl methyl sites for hydroxylation is 1. The smallest absolute Gasteiger partial charge is 0.416 e. The molecule has 0 bridgehead atoms. The Bertz CT molecular complexity index is 1370. The van der Waals surface area contributed by atoms with E-state index in [0.29, 0.717) is 11.1 Å². The summed E-state index contributed by atoms with van der Waals surface area (Å²) in [6, 6.07) is 9.57. The average molecular weight is 484 g/mol. The van der Waals surface area contributed by atoms with Crippen LogP contribution in [0.25, 0.3) is 33.7 Å². The maximum atomic E-state index is 13.9. The van der Waals surface area contributed by atoms with E-state index in [2.05, 4.69) is 15.2 Å². The van der Waals surface area contributed by atoms with E-state index in [1.165, 1.54) is 0 Å². The lowest BCUT2D eigenvalue weighted by Gasteiger charge is -2.25. The molecule has 2 aromatic carbocycles. The molecule has 1 aliphatic rings. The highest BCUT2D eigenvalue weighted by Crippen LogP contribution is 2.42. The van der Waals surface area contributed by atoms with Crippen LogP contribution < -0.4 is 0 Å². The molecule has 0 amide bonds. The molecule has 1 fully saturated rings. The predicted molar refractivity (Wildman–Crippen MR) is 122 cm³/mol. The normalized spacial score (nSPS) is 15.1. The van der Waals surface area contributed by atoms with E-state index in [-0.39, 0.29) is 36.2 Å². The number of nitrogens with zero attached hydrogens (tertiary/aromatic N) is 4. The largest absolute Gasteiger partial charge is 0.481 e. The molecule has 0 atom stereocenters. The van der Waals surface area contributed by atoms with Crippen molar-refractivity contribution in [2.75, 3.05) is 0 Å². The highest BCUT2D eigenvalue weighted by atomic mass is 19.4. The van der Waals surface area contributed by atoms with E-state index in [4.69, 9.17) is 9.63 Å². The summed E-state index contributed by atoms with van der Waals surface area (Å²) < 4.78 is 48.7. The van der Waals surface area contributed by atoms with Gasteiger partial charge in [-0.1, -0.05) is 30.5 Å². The highest BCUT2D eigenvalue weighted by molar-refractivity contribution is 5.83. The van der Waals surface area contributed by atoms with Crippen molar-refractivity contribution in [3.05, 3.63) is 53.7 Å². The van der Waals surface area contributed by atoms with Gasteiger partial charge in [-0.15, -0.1) is 0 Å². The summed E-state index contributed by atoms with van der Waals surface area (Å²) in [4.78, 5) is 15.2. The van der Waals surface area contributed by atoms with E-state index >= 15 is 0 Å². The van der Waals surface area contributed by atoms with Gasteiger partial charge < -0.3 is 9.63 Å². The van der Waals surface area contributed by atoms with Crippen LogP contribution in [-0.4, -0.2) is 31.0 Å². The average Bonchev–Trinajstić information content (AvgIpc) is 3.49. The second-order valence-corrected chi connectivity index (χ2v) is 8.84. The minimum atomic E-state index is -4.47. The Labute approximate surface area is 198 Å². The number of aliphatic carboxylic acids is 1. The molecule has 2 aromatic heterocycles. The molecule has 0 unspecified atom stereocenters. The Hall–Kier alpha value is -3.69. The molecule has 0 spiro atoms. The number of alkyl halides is 3. The fraction of sp³-hybridized carbons (Fsp3) is 0.360. The fourth-order valence-electron chi connectivity index (χ4n) is 4.77. The van der Waals surface area contributed by atoms with Crippen LogP contribution in [0.2, 0.25) is 0 Å². The zero-order chi connectivity index (χ0) is 24.6. The Morgan fingerprint density at radius 2 is 1.86 bits per heavy atom. The quantitative estimate of drug-likeness (QED) is 0.345. The topological polar surface area (TPSA) is 94.0 Å². The van der Waals surface area contributed by atoms with Crippen LogP contribution in [0.15, 0.2) is 47.1 Å². The maximum absolute atomic E-state index is 13.9. The van der Waals surface area contributed by atoms with E-state index in [9.17, 15) is 18.0 Å². The van der Waals surface area contributed by atoms with Crippen LogP contribution in [0.5, 0.6) is 0 Å². The van der Waals surface area contributed by atoms with Crippen LogP contribution in [0.4, 0.5) is 13.2 Å². The van der Waals surface area contributed by atoms with Crippen molar-refractivity contribution in [1.29, 1.82) is 0 Å². The van der Waals surface area contributed by atoms with Gasteiger partial charge in [0.1, 0.15) is 0 Å². The first kappa shape index (κ1) is 23.1. The molecule has 1 aliphatic carbocycles. The van der Waals surface area contributed by atoms with Crippen molar-refractivity contribution in [3.63, 3.8) is 0 Å². The van der Waals surface area contributed by atoms with Crippen molar-refractivity contribution < 1.29 is 27.6 Å². The number of hydrogen-bond donors (Lipinski definition) is 1. The Morgan fingerprint density at radius 3 is 2.60 bits per heavy atom. The number of carbonyl (C=O) groups is 1. The molecule has 7 nitrogen and oxygen atoms in total. The van der Waals surface area contributed by atoms with Gasteiger partial charge in [0.05, 0.1) is 30.2 Å². The molecule has 4 aromatic rings. The summed E-state index contributed by atoms with van der Waals surface area (Å²) in [5.41, 5.74) is 1.29. The van der Waals surface area contributed by atoms with Crippen molar-refractivity contribution in [2.24, 2.45) is 0 Å². The van der Waals surface area contributed by atoms with Gasteiger partial charge in [-0.3, -0.25) is 9.48 Å². The first-order valence-corrected chi connectivity index (χ1v) is 11.5. The number of aromatic nitrogens is 4.